The molecule has 4 rings (SSSR count). The first-order valence-electron chi connectivity index (χ1n) is 11.2. The summed E-state index contributed by atoms with van der Waals surface area (Å²) in [7, 11) is 1.57. The first kappa shape index (κ1) is 21.3. The van der Waals surface area contributed by atoms with Crippen LogP contribution in [0, 0.1) is 5.92 Å². The van der Waals surface area contributed by atoms with Gasteiger partial charge in [0.1, 0.15) is 0 Å². The van der Waals surface area contributed by atoms with Crippen LogP contribution in [0.1, 0.15) is 54.1 Å². The molecule has 0 N–H and O–H groups in total. The predicted octanol–water partition coefficient (Wildman–Crippen LogP) is 3.70. The van der Waals surface area contributed by atoms with Gasteiger partial charge in [-0.05, 0) is 55.2 Å². The average molecular weight is 422 g/mol. The monoisotopic (exact) mass is 421 g/mol. The van der Waals surface area contributed by atoms with Crippen molar-refractivity contribution in [2.75, 3.05) is 20.2 Å². The van der Waals surface area contributed by atoms with E-state index in [-0.39, 0.29) is 11.8 Å². The molecule has 2 aromatic rings. The highest BCUT2D eigenvalue weighted by molar-refractivity contribution is 5.94. The summed E-state index contributed by atoms with van der Waals surface area (Å²) in [4.78, 5) is 32.6. The van der Waals surface area contributed by atoms with Gasteiger partial charge in [-0.1, -0.05) is 24.3 Å². The lowest BCUT2D eigenvalue weighted by molar-refractivity contribution is -0.130. The molecule has 0 spiro atoms. The lowest BCUT2D eigenvalue weighted by Gasteiger charge is -2.31. The molecule has 6 nitrogen and oxygen atoms in total. The van der Waals surface area contributed by atoms with E-state index in [9.17, 15) is 9.59 Å². The maximum atomic E-state index is 13.1. The Labute approximate surface area is 184 Å². The van der Waals surface area contributed by atoms with Crippen LogP contribution in [0.4, 0.5) is 0 Å². The molecule has 6 heteroatoms. The van der Waals surface area contributed by atoms with Crippen molar-refractivity contribution in [1.82, 2.24) is 14.8 Å². The minimum absolute atomic E-state index is 0.0268. The number of carbonyl (C=O) groups is 2. The van der Waals surface area contributed by atoms with Gasteiger partial charge in [-0.15, -0.1) is 0 Å². The van der Waals surface area contributed by atoms with Crippen molar-refractivity contribution in [2.24, 2.45) is 5.92 Å². The summed E-state index contributed by atoms with van der Waals surface area (Å²) < 4.78 is 5.09. The summed E-state index contributed by atoms with van der Waals surface area (Å²) in [6, 6.07) is 12.5. The van der Waals surface area contributed by atoms with Crippen LogP contribution in [0.3, 0.4) is 0 Å². The second-order valence-electron chi connectivity index (χ2n) is 8.72. The molecule has 1 saturated carbocycles. The van der Waals surface area contributed by atoms with Crippen molar-refractivity contribution in [2.45, 2.75) is 51.6 Å². The smallest absolute Gasteiger partial charge is 0.255 e. The number of benzene rings is 1. The fourth-order valence-electron chi connectivity index (χ4n) is 4.31. The molecule has 31 heavy (non-hydrogen) atoms. The van der Waals surface area contributed by atoms with Crippen LogP contribution in [0.2, 0.25) is 0 Å². The zero-order valence-electron chi connectivity index (χ0n) is 18.4. The Morgan fingerprint density at radius 2 is 1.71 bits per heavy atom. The molecule has 1 saturated heterocycles. The molecule has 0 unspecified atom stereocenters. The van der Waals surface area contributed by atoms with E-state index in [1.807, 2.05) is 9.80 Å². The van der Waals surface area contributed by atoms with Crippen molar-refractivity contribution >= 4 is 11.8 Å². The molecule has 1 aliphatic carbocycles. The van der Waals surface area contributed by atoms with Crippen LogP contribution in [0.5, 0.6) is 5.88 Å². The Hall–Kier alpha value is -2.89. The summed E-state index contributed by atoms with van der Waals surface area (Å²) in [5.41, 5.74) is 3.08. The number of aromatic nitrogens is 1. The molecule has 1 aromatic heterocycles. The fraction of sp³-hybridized carbons (Fsp3) is 0.480. The van der Waals surface area contributed by atoms with Gasteiger partial charge < -0.3 is 14.5 Å². The lowest BCUT2D eigenvalue weighted by Crippen LogP contribution is -2.37. The second-order valence-corrected chi connectivity index (χ2v) is 8.72. The van der Waals surface area contributed by atoms with Gasteiger partial charge in [0, 0.05) is 44.9 Å². The largest absolute Gasteiger partial charge is 0.481 e. The number of hydrogen-bond acceptors (Lipinski definition) is 4. The van der Waals surface area contributed by atoms with Gasteiger partial charge >= 0.3 is 0 Å². The van der Waals surface area contributed by atoms with E-state index in [4.69, 9.17) is 4.74 Å². The van der Waals surface area contributed by atoms with Gasteiger partial charge in [0.25, 0.3) is 5.91 Å². The molecule has 0 atom stereocenters. The van der Waals surface area contributed by atoms with E-state index in [1.54, 1.807) is 32.4 Å². The quantitative estimate of drug-likeness (QED) is 0.684. The Morgan fingerprint density at radius 1 is 1.03 bits per heavy atom. The standard InChI is InChI=1S/C25H31N3O3/c1-18(29)27-13-11-20(12-14-27)15-19-3-5-21(6-4-19)17-28(23-8-9-23)25(30)22-7-10-24(31-2)26-16-22/h3-7,10,16,20,23H,8-9,11-15,17H2,1-2H3. The molecule has 1 aliphatic heterocycles. The Bertz CT molecular complexity index is 899. The van der Waals surface area contributed by atoms with E-state index in [0.717, 1.165) is 50.8 Å². The number of likely N-dealkylation sites (tertiary alicyclic amines) is 1. The zero-order chi connectivity index (χ0) is 21.8. The number of rotatable bonds is 7. The van der Waals surface area contributed by atoms with Crippen LogP contribution in [0.25, 0.3) is 0 Å². The molecule has 2 aliphatic rings. The SMILES string of the molecule is COc1ccc(C(=O)N(Cc2ccc(CC3CCN(C(C)=O)CC3)cc2)C2CC2)cn1. The number of amides is 2. The van der Waals surface area contributed by atoms with Gasteiger partial charge in [-0.25, -0.2) is 4.98 Å². The summed E-state index contributed by atoms with van der Waals surface area (Å²) in [5, 5.41) is 0. The number of pyridine rings is 1. The average Bonchev–Trinajstić information content (AvgIpc) is 3.64. The minimum atomic E-state index is 0.0268. The third-order valence-electron chi connectivity index (χ3n) is 6.40. The Balaban J connectivity index is 1.35. The predicted molar refractivity (Wildman–Crippen MR) is 119 cm³/mol. The topological polar surface area (TPSA) is 62.7 Å². The van der Waals surface area contributed by atoms with Crippen molar-refractivity contribution in [3.63, 3.8) is 0 Å². The number of ether oxygens (including phenoxy) is 1. The van der Waals surface area contributed by atoms with E-state index < -0.39 is 0 Å². The minimum Gasteiger partial charge on any atom is -0.481 e. The highest BCUT2D eigenvalue weighted by Crippen LogP contribution is 2.30. The number of methoxy groups -OCH3 is 1. The van der Waals surface area contributed by atoms with Crippen LogP contribution >= 0.6 is 0 Å². The van der Waals surface area contributed by atoms with Gasteiger partial charge in [-0.2, -0.15) is 0 Å². The van der Waals surface area contributed by atoms with Crippen molar-refractivity contribution in [3.05, 3.63) is 59.3 Å². The van der Waals surface area contributed by atoms with Crippen molar-refractivity contribution in [3.8, 4) is 5.88 Å². The Morgan fingerprint density at radius 3 is 2.26 bits per heavy atom. The number of hydrogen-bond donors (Lipinski definition) is 0. The third kappa shape index (κ3) is 5.43. The number of nitrogens with zero attached hydrogens (tertiary/aromatic N) is 3. The molecule has 164 valence electrons. The van der Waals surface area contributed by atoms with E-state index in [0.29, 0.717) is 29.9 Å². The van der Waals surface area contributed by atoms with Gasteiger partial charge in [0.2, 0.25) is 11.8 Å². The molecule has 1 aromatic carbocycles. The van der Waals surface area contributed by atoms with Crippen LogP contribution in [-0.2, 0) is 17.8 Å². The molecular weight excluding hydrogens is 390 g/mol. The maximum Gasteiger partial charge on any atom is 0.255 e. The van der Waals surface area contributed by atoms with Crippen LogP contribution in [0.15, 0.2) is 42.6 Å². The number of piperidine rings is 1. The first-order valence-corrected chi connectivity index (χ1v) is 11.2. The summed E-state index contributed by atoms with van der Waals surface area (Å²) in [6.07, 6.45) is 6.91. The summed E-state index contributed by atoms with van der Waals surface area (Å²) >= 11 is 0. The third-order valence-corrected chi connectivity index (χ3v) is 6.40. The van der Waals surface area contributed by atoms with Gasteiger partial charge in [0.15, 0.2) is 0 Å². The maximum absolute atomic E-state index is 13.1. The van der Waals surface area contributed by atoms with Crippen molar-refractivity contribution < 1.29 is 14.3 Å². The summed E-state index contributed by atoms with van der Waals surface area (Å²) in [5.74, 6) is 1.35. The lowest BCUT2D eigenvalue weighted by atomic mass is 9.90. The van der Waals surface area contributed by atoms with Gasteiger partial charge in [-0.3, -0.25) is 9.59 Å². The molecule has 0 radical (unpaired) electrons. The Kier molecular flexibility index (Phi) is 6.54. The summed E-state index contributed by atoms with van der Waals surface area (Å²) in [6.45, 7) is 4.01. The second kappa shape index (κ2) is 9.50. The zero-order valence-corrected chi connectivity index (χ0v) is 18.4. The molecule has 2 heterocycles. The highest BCUT2D eigenvalue weighted by atomic mass is 16.5. The van der Waals surface area contributed by atoms with Crippen LogP contribution in [-0.4, -0.2) is 52.8 Å². The van der Waals surface area contributed by atoms with Crippen molar-refractivity contribution in [1.29, 1.82) is 0 Å². The number of carbonyl (C=O) groups excluding carboxylic acids is 2. The highest BCUT2D eigenvalue weighted by Gasteiger charge is 2.33. The van der Waals surface area contributed by atoms with E-state index in [2.05, 4.69) is 29.2 Å². The molecular formula is C25H31N3O3. The van der Waals surface area contributed by atoms with E-state index in [1.165, 1.54) is 5.56 Å². The molecule has 2 amide bonds. The van der Waals surface area contributed by atoms with E-state index >= 15 is 0 Å². The molecule has 0 bridgehead atoms. The fourth-order valence-corrected chi connectivity index (χ4v) is 4.31. The normalized spacial score (nSPS) is 16.8. The van der Waals surface area contributed by atoms with Crippen LogP contribution < -0.4 is 4.74 Å². The van der Waals surface area contributed by atoms with Gasteiger partial charge in [0.05, 0.1) is 12.7 Å². The first-order chi connectivity index (χ1) is 15.0. The molecule has 2 fully saturated rings.